The van der Waals surface area contributed by atoms with E-state index in [2.05, 4.69) is 15.5 Å². The van der Waals surface area contributed by atoms with Crippen molar-refractivity contribution >= 4 is 29.3 Å². The maximum atomic E-state index is 11.9. The lowest BCUT2D eigenvalue weighted by molar-refractivity contribution is -0.118. The molecule has 0 spiro atoms. The summed E-state index contributed by atoms with van der Waals surface area (Å²) < 4.78 is 5.55. The summed E-state index contributed by atoms with van der Waals surface area (Å²) in [6, 6.07) is 17.2. The van der Waals surface area contributed by atoms with E-state index in [-0.39, 0.29) is 11.7 Å². The molecular formula is C18H16ClN3O2S. The number of thioether (sulfide) groups is 1. The number of nitrogens with zero attached hydrogens (tertiary/aromatic N) is 2. The number of nitrogens with one attached hydrogen (secondary N) is 1. The molecule has 0 atom stereocenters. The fourth-order valence-corrected chi connectivity index (χ4v) is 2.87. The average Bonchev–Trinajstić information content (AvgIpc) is 3.10. The molecule has 0 bridgehead atoms. The van der Waals surface area contributed by atoms with Gasteiger partial charge in [-0.3, -0.25) is 4.79 Å². The van der Waals surface area contributed by atoms with Crippen molar-refractivity contribution in [1.82, 2.24) is 15.5 Å². The molecule has 0 saturated heterocycles. The van der Waals surface area contributed by atoms with Crippen LogP contribution in [0.2, 0.25) is 5.02 Å². The van der Waals surface area contributed by atoms with Crippen LogP contribution in [0.3, 0.4) is 0 Å². The Labute approximate surface area is 154 Å². The van der Waals surface area contributed by atoms with Crippen LogP contribution >= 0.6 is 23.4 Å². The normalized spacial score (nSPS) is 10.6. The first kappa shape index (κ1) is 17.5. The molecule has 128 valence electrons. The summed E-state index contributed by atoms with van der Waals surface area (Å²) in [4.78, 5) is 11.9. The Bertz CT molecular complexity index is 822. The lowest BCUT2D eigenvalue weighted by atomic mass is 10.1. The van der Waals surface area contributed by atoms with E-state index < -0.39 is 0 Å². The van der Waals surface area contributed by atoms with Crippen molar-refractivity contribution < 1.29 is 9.21 Å². The molecule has 1 aromatic heterocycles. The third kappa shape index (κ3) is 5.34. The third-order valence-corrected chi connectivity index (χ3v) is 4.47. The van der Waals surface area contributed by atoms with Crippen LogP contribution in [0.25, 0.3) is 11.5 Å². The molecule has 0 saturated carbocycles. The van der Waals surface area contributed by atoms with Crippen LogP contribution in [-0.4, -0.2) is 28.4 Å². The monoisotopic (exact) mass is 373 g/mol. The van der Waals surface area contributed by atoms with Gasteiger partial charge in [0.25, 0.3) is 5.22 Å². The zero-order chi connectivity index (χ0) is 17.5. The SMILES string of the molecule is O=C(CSc1nnc(-c2ccc(Cl)cc2)o1)NCCc1ccccc1. The summed E-state index contributed by atoms with van der Waals surface area (Å²) in [5.74, 6) is 0.577. The van der Waals surface area contributed by atoms with Gasteiger partial charge in [-0.25, -0.2) is 0 Å². The van der Waals surface area contributed by atoms with Crippen molar-refractivity contribution in [3.63, 3.8) is 0 Å². The summed E-state index contributed by atoms with van der Waals surface area (Å²) in [5, 5.41) is 11.8. The molecule has 7 heteroatoms. The lowest BCUT2D eigenvalue weighted by Gasteiger charge is -2.04. The van der Waals surface area contributed by atoms with Gasteiger partial charge in [-0.1, -0.05) is 53.7 Å². The van der Waals surface area contributed by atoms with Crippen LogP contribution in [-0.2, 0) is 11.2 Å². The predicted molar refractivity (Wildman–Crippen MR) is 98.6 cm³/mol. The molecule has 25 heavy (non-hydrogen) atoms. The molecule has 2 aromatic carbocycles. The first-order valence-corrected chi connectivity index (χ1v) is 9.10. The number of hydrogen-bond acceptors (Lipinski definition) is 5. The zero-order valence-electron chi connectivity index (χ0n) is 13.3. The standard InChI is InChI=1S/C18H16ClN3O2S/c19-15-8-6-14(7-9-15)17-21-22-18(24-17)25-12-16(23)20-11-10-13-4-2-1-3-5-13/h1-9H,10-12H2,(H,20,23). The molecule has 3 aromatic rings. The summed E-state index contributed by atoms with van der Waals surface area (Å²) in [7, 11) is 0. The number of rotatable bonds is 7. The average molecular weight is 374 g/mol. The maximum absolute atomic E-state index is 11.9. The highest BCUT2D eigenvalue weighted by atomic mass is 35.5. The molecule has 0 aliphatic heterocycles. The van der Waals surface area contributed by atoms with E-state index in [4.69, 9.17) is 16.0 Å². The highest BCUT2D eigenvalue weighted by Gasteiger charge is 2.11. The summed E-state index contributed by atoms with van der Waals surface area (Å²) in [6.07, 6.45) is 0.804. The van der Waals surface area contributed by atoms with Crippen LogP contribution in [0.4, 0.5) is 0 Å². The van der Waals surface area contributed by atoms with E-state index in [1.807, 2.05) is 30.3 Å². The first-order chi connectivity index (χ1) is 12.2. The number of halogens is 1. The minimum Gasteiger partial charge on any atom is -0.411 e. The Morgan fingerprint density at radius 1 is 1.08 bits per heavy atom. The van der Waals surface area contributed by atoms with Gasteiger partial charge < -0.3 is 9.73 Å². The van der Waals surface area contributed by atoms with Gasteiger partial charge in [-0.15, -0.1) is 10.2 Å². The smallest absolute Gasteiger partial charge is 0.277 e. The Morgan fingerprint density at radius 3 is 2.60 bits per heavy atom. The topological polar surface area (TPSA) is 68.0 Å². The molecule has 0 unspecified atom stereocenters. The van der Waals surface area contributed by atoms with Gasteiger partial charge >= 0.3 is 0 Å². The molecule has 0 radical (unpaired) electrons. The molecular weight excluding hydrogens is 358 g/mol. The second-order valence-electron chi connectivity index (χ2n) is 5.25. The van der Waals surface area contributed by atoms with Crippen LogP contribution < -0.4 is 5.32 Å². The number of carbonyl (C=O) groups excluding carboxylic acids is 1. The van der Waals surface area contributed by atoms with Gasteiger partial charge in [0.05, 0.1) is 5.75 Å². The van der Waals surface area contributed by atoms with Crippen molar-refractivity contribution in [3.8, 4) is 11.5 Å². The van der Waals surface area contributed by atoms with Crippen molar-refractivity contribution in [2.45, 2.75) is 11.6 Å². The molecule has 1 amide bonds. The molecule has 0 aliphatic carbocycles. The number of hydrogen-bond donors (Lipinski definition) is 1. The quantitative estimate of drug-likeness (QED) is 0.637. The number of carbonyl (C=O) groups is 1. The summed E-state index contributed by atoms with van der Waals surface area (Å²) >= 11 is 7.07. The number of amides is 1. The van der Waals surface area contributed by atoms with Crippen molar-refractivity contribution in [3.05, 3.63) is 65.2 Å². The van der Waals surface area contributed by atoms with Crippen molar-refractivity contribution in [2.24, 2.45) is 0 Å². The van der Waals surface area contributed by atoms with Crippen LogP contribution in [0, 0.1) is 0 Å². The minimum atomic E-state index is -0.0628. The van der Waals surface area contributed by atoms with Crippen molar-refractivity contribution in [2.75, 3.05) is 12.3 Å². The van der Waals surface area contributed by atoms with Gasteiger partial charge in [0.1, 0.15) is 0 Å². The number of aromatic nitrogens is 2. The largest absolute Gasteiger partial charge is 0.411 e. The van der Waals surface area contributed by atoms with E-state index in [9.17, 15) is 4.79 Å². The molecule has 1 heterocycles. The lowest BCUT2D eigenvalue weighted by Crippen LogP contribution is -2.27. The highest BCUT2D eigenvalue weighted by molar-refractivity contribution is 7.99. The Morgan fingerprint density at radius 2 is 1.84 bits per heavy atom. The van der Waals surface area contributed by atoms with E-state index in [1.165, 1.54) is 17.3 Å². The highest BCUT2D eigenvalue weighted by Crippen LogP contribution is 2.24. The predicted octanol–water partition coefficient (Wildman–Crippen LogP) is 3.84. The second-order valence-corrected chi connectivity index (χ2v) is 6.62. The molecule has 0 fully saturated rings. The van der Waals surface area contributed by atoms with Gasteiger partial charge in [0, 0.05) is 17.1 Å². The Hall–Kier alpha value is -2.31. The van der Waals surface area contributed by atoms with Crippen LogP contribution in [0.15, 0.2) is 64.2 Å². The molecule has 1 N–H and O–H groups in total. The maximum Gasteiger partial charge on any atom is 0.277 e. The fourth-order valence-electron chi connectivity index (χ4n) is 2.15. The van der Waals surface area contributed by atoms with Crippen LogP contribution in [0.1, 0.15) is 5.56 Å². The number of benzene rings is 2. The molecule has 3 rings (SSSR count). The molecule has 5 nitrogen and oxygen atoms in total. The minimum absolute atomic E-state index is 0.0628. The summed E-state index contributed by atoms with van der Waals surface area (Å²) in [6.45, 7) is 0.600. The van der Waals surface area contributed by atoms with Crippen molar-refractivity contribution in [1.29, 1.82) is 0 Å². The first-order valence-electron chi connectivity index (χ1n) is 7.73. The third-order valence-electron chi connectivity index (χ3n) is 3.40. The van der Waals surface area contributed by atoms with E-state index >= 15 is 0 Å². The van der Waals surface area contributed by atoms with Gasteiger partial charge in [0.15, 0.2) is 0 Å². The van der Waals surface area contributed by atoms with Gasteiger partial charge in [0.2, 0.25) is 11.8 Å². The zero-order valence-corrected chi connectivity index (χ0v) is 14.9. The van der Waals surface area contributed by atoms with E-state index in [1.54, 1.807) is 24.3 Å². The van der Waals surface area contributed by atoms with Gasteiger partial charge in [-0.2, -0.15) is 0 Å². The van der Waals surface area contributed by atoms with E-state index in [0.29, 0.717) is 22.7 Å². The fraction of sp³-hybridized carbons (Fsp3) is 0.167. The van der Waals surface area contributed by atoms with Crippen LogP contribution in [0.5, 0.6) is 0 Å². The summed E-state index contributed by atoms with van der Waals surface area (Å²) in [5.41, 5.74) is 1.98. The van der Waals surface area contributed by atoms with E-state index in [0.717, 1.165) is 12.0 Å². The second kappa shape index (κ2) is 8.69. The Kier molecular flexibility index (Phi) is 6.09. The van der Waals surface area contributed by atoms with Gasteiger partial charge in [-0.05, 0) is 36.2 Å². The Balaban J connectivity index is 1.44. The molecule has 0 aliphatic rings.